The minimum absolute atomic E-state index is 0.0319. The maximum atomic E-state index is 12.1. The summed E-state index contributed by atoms with van der Waals surface area (Å²) in [6, 6.07) is 18.0. The largest absolute Gasteiger partial charge is 0.343 e. The zero-order valence-corrected chi connectivity index (χ0v) is 15.1. The first-order valence-electron chi connectivity index (χ1n) is 8.82. The molecule has 0 bridgehead atoms. The fourth-order valence-corrected chi connectivity index (χ4v) is 3.29. The number of aromatic nitrogens is 1. The molecule has 2 aromatic carbocycles. The van der Waals surface area contributed by atoms with Gasteiger partial charge < -0.3 is 10.6 Å². The van der Waals surface area contributed by atoms with E-state index in [2.05, 4.69) is 33.1 Å². The second-order valence-electron chi connectivity index (χ2n) is 6.48. The molecule has 1 aliphatic rings. The van der Waals surface area contributed by atoms with Gasteiger partial charge in [-0.1, -0.05) is 30.3 Å². The second kappa shape index (κ2) is 7.13. The minimum Gasteiger partial charge on any atom is -0.343 e. The number of fused-ring (bicyclic) bond motifs is 1. The van der Waals surface area contributed by atoms with Crippen molar-refractivity contribution in [2.24, 2.45) is 10.7 Å². The molecule has 0 aliphatic carbocycles. The number of carbonyl (C=O) groups is 1. The summed E-state index contributed by atoms with van der Waals surface area (Å²) in [5.74, 6) is 0.0319. The van der Waals surface area contributed by atoms with E-state index in [0.29, 0.717) is 12.1 Å². The first kappa shape index (κ1) is 17.1. The van der Waals surface area contributed by atoms with E-state index in [1.807, 2.05) is 55.8 Å². The van der Waals surface area contributed by atoms with Crippen molar-refractivity contribution in [2.75, 3.05) is 25.0 Å². The maximum Gasteiger partial charge on any atom is 0.184 e. The van der Waals surface area contributed by atoms with Crippen LogP contribution in [0.1, 0.15) is 15.9 Å². The average Bonchev–Trinajstić information content (AvgIpc) is 2.74. The predicted molar refractivity (Wildman–Crippen MR) is 109 cm³/mol. The molecule has 134 valence electrons. The number of ketones is 1. The highest BCUT2D eigenvalue weighted by molar-refractivity contribution is 6.16. The summed E-state index contributed by atoms with van der Waals surface area (Å²) in [6.45, 7) is 0.497. The Hall–Kier alpha value is -3.31. The molecular formula is C22H20N4O. The summed E-state index contributed by atoms with van der Waals surface area (Å²) in [5.41, 5.74) is 12.2. The van der Waals surface area contributed by atoms with Crippen LogP contribution in [-0.4, -0.2) is 36.6 Å². The molecule has 0 atom stereocenters. The quantitative estimate of drug-likeness (QED) is 0.777. The van der Waals surface area contributed by atoms with Gasteiger partial charge in [0.25, 0.3) is 0 Å². The molecule has 0 spiro atoms. The Kier molecular flexibility index (Phi) is 4.52. The van der Waals surface area contributed by atoms with Gasteiger partial charge in [0.1, 0.15) is 6.54 Å². The Bertz CT molecular complexity index is 1030. The fourth-order valence-electron chi connectivity index (χ4n) is 3.29. The summed E-state index contributed by atoms with van der Waals surface area (Å²) in [7, 11) is 2.01. The van der Waals surface area contributed by atoms with Gasteiger partial charge in [-0.05, 0) is 29.8 Å². The Balaban J connectivity index is 1.73. The molecule has 5 nitrogen and oxygen atoms in total. The number of para-hydroxylation sites is 1. The number of aliphatic imine (C=N–C) groups is 1. The van der Waals surface area contributed by atoms with Gasteiger partial charge in [0.05, 0.1) is 17.6 Å². The van der Waals surface area contributed by atoms with Crippen LogP contribution in [0.2, 0.25) is 0 Å². The zero-order valence-electron chi connectivity index (χ0n) is 15.1. The van der Waals surface area contributed by atoms with E-state index in [4.69, 9.17) is 5.73 Å². The molecule has 4 rings (SSSR count). The first-order chi connectivity index (χ1) is 13.2. The van der Waals surface area contributed by atoms with Gasteiger partial charge in [-0.25, -0.2) is 0 Å². The van der Waals surface area contributed by atoms with Gasteiger partial charge in [-0.2, -0.15) is 0 Å². The van der Waals surface area contributed by atoms with Gasteiger partial charge >= 0.3 is 0 Å². The molecule has 2 heterocycles. The van der Waals surface area contributed by atoms with Gasteiger partial charge in [0.15, 0.2) is 5.78 Å². The number of rotatable bonds is 4. The van der Waals surface area contributed by atoms with Crippen molar-refractivity contribution in [1.29, 1.82) is 0 Å². The molecule has 0 saturated carbocycles. The lowest BCUT2D eigenvalue weighted by atomic mass is 9.93. The molecule has 0 fully saturated rings. The number of hydrogen-bond donors (Lipinski definition) is 1. The Labute approximate surface area is 158 Å². The molecule has 27 heavy (non-hydrogen) atoms. The van der Waals surface area contributed by atoms with E-state index >= 15 is 0 Å². The predicted octanol–water partition coefficient (Wildman–Crippen LogP) is 3.46. The van der Waals surface area contributed by atoms with Crippen LogP contribution in [0.25, 0.3) is 11.1 Å². The van der Waals surface area contributed by atoms with Crippen molar-refractivity contribution in [2.45, 2.75) is 0 Å². The topological polar surface area (TPSA) is 71.6 Å². The van der Waals surface area contributed by atoms with E-state index < -0.39 is 0 Å². The van der Waals surface area contributed by atoms with Gasteiger partial charge in [-0.15, -0.1) is 0 Å². The van der Waals surface area contributed by atoms with Crippen molar-refractivity contribution in [3.05, 3.63) is 78.1 Å². The SMILES string of the molecule is CN(c1ccccc1)c1cncc(-c2ccc3c(c2)C(CN)=NCC3=O)c1. The highest BCUT2D eigenvalue weighted by Crippen LogP contribution is 2.29. The number of Topliss-reactive ketones (excluding diaryl/α,β-unsaturated/α-hetero) is 1. The van der Waals surface area contributed by atoms with Crippen LogP contribution >= 0.6 is 0 Å². The number of anilines is 2. The first-order valence-corrected chi connectivity index (χ1v) is 8.82. The van der Waals surface area contributed by atoms with Crippen molar-refractivity contribution in [3.8, 4) is 11.1 Å². The molecular weight excluding hydrogens is 336 g/mol. The van der Waals surface area contributed by atoms with Crippen molar-refractivity contribution in [3.63, 3.8) is 0 Å². The van der Waals surface area contributed by atoms with Crippen molar-refractivity contribution in [1.82, 2.24) is 4.98 Å². The van der Waals surface area contributed by atoms with E-state index in [-0.39, 0.29) is 12.3 Å². The Morgan fingerprint density at radius 3 is 2.56 bits per heavy atom. The number of pyridine rings is 1. The second-order valence-corrected chi connectivity index (χ2v) is 6.48. The third-order valence-electron chi connectivity index (χ3n) is 4.83. The van der Waals surface area contributed by atoms with Crippen molar-refractivity contribution < 1.29 is 4.79 Å². The minimum atomic E-state index is 0.0319. The zero-order chi connectivity index (χ0) is 18.8. The molecule has 3 aromatic rings. The molecule has 0 radical (unpaired) electrons. The number of benzene rings is 2. The van der Waals surface area contributed by atoms with Crippen LogP contribution in [0.5, 0.6) is 0 Å². The summed E-state index contributed by atoms with van der Waals surface area (Å²) >= 11 is 0. The van der Waals surface area contributed by atoms with Crippen LogP contribution in [0.4, 0.5) is 11.4 Å². The lowest BCUT2D eigenvalue weighted by Crippen LogP contribution is -2.24. The van der Waals surface area contributed by atoms with E-state index in [1.54, 1.807) is 0 Å². The molecule has 2 N–H and O–H groups in total. The van der Waals surface area contributed by atoms with E-state index in [1.165, 1.54) is 0 Å². The van der Waals surface area contributed by atoms with E-state index in [9.17, 15) is 4.79 Å². The van der Waals surface area contributed by atoms with Crippen LogP contribution in [0.3, 0.4) is 0 Å². The summed E-state index contributed by atoms with van der Waals surface area (Å²) in [4.78, 5) is 22.9. The highest BCUT2D eigenvalue weighted by atomic mass is 16.1. The molecule has 1 aliphatic heterocycles. The van der Waals surface area contributed by atoms with E-state index in [0.717, 1.165) is 33.8 Å². The normalized spacial score (nSPS) is 13.1. The average molecular weight is 356 g/mol. The van der Waals surface area contributed by atoms with Crippen LogP contribution < -0.4 is 10.6 Å². The highest BCUT2D eigenvalue weighted by Gasteiger charge is 2.20. The molecule has 5 heteroatoms. The standard InChI is InChI=1S/C22H20N4O/c1-26(17-5-3-2-4-6-17)18-9-16(12-24-13-18)15-7-8-19-20(10-15)21(11-23)25-14-22(19)27/h2-10,12-13H,11,14,23H2,1H3. The number of nitrogens with two attached hydrogens (primary N) is 1. The number of carbonyl (C=O) groups excluding carboxylic acids is 1. The number of hydrogen-bond acceptors (Lipinski definition) is 5. The van der Waals surface area contributed by atoms with Crippen molar-refractivity contribution >= 4 is 22.9 Å². The third kappa shape index (κ3) is 3.25. The molecule has 1 aromatic heterocycles. The third-order valence-corrected chi connectivity index (χ3v) is 4.83. The van der Waals surface area contributed by atoms with Crippen LogP contribution in [-0.2, 0) is 0 Å². The molecule has 0 amide bonds. The summed E-state index contributed by atoms with van der Waals surface area (Å²) in [5, 5.41) is 0. The number of nitrogens with zero attached hydrogens (tertiary/aromatic N) is 3. The fraction of sp³-hybridized carbons (Fsp3) is 0.136. The van der Waals surface area contributed by atoms with Crippen LogP contribution in [0.15, 0.2) is 72.0 Å². The maximum absolute atomic E-state index is 12.1. The lowest BCUT2D eigenvalue weighted by molar-refractivity contribution is 0.1000. The smallest absolute Gasteiger partial charge is 0.184 e. The Morgan fingerprint density at radius 1 is 0.963 bits per heavy atom. The van der Waals surface area contributed by atoms with Gasteiger partial charge in [-0.3, -0.25) is 14.8 Å². The van der Waals surface area contributed by atoms with Crippen LogP contribution in [0, 0.1) is 0 Å². The molecule has 0 saturated heterocycles. The van der Waals surface area contributed by atoms with Gasteiger partial charge in [0, 0.05) is 42.2 Å². The van der Waals surface area contributed by atoms with Gasteiger partial charge in [0.2, 0.25) is 0 Å². The molecule has 0 unspecified atom stereocenters. The monoisotopic (exact) mass is 356 g/mol. The Morgan fingerprint density at radius 2 is 1.78 bits per heavy atom. The lowest BCUT2D eigenvalue weighted by Gasteiger charge is -2.20. The summed E-state index contributed by atoms with van der Waals surface area (Å²) < 4.78 is 0. The summed E-state index contributed by atoms with van der Waals surface area (Å²) in [6.07, 6.45) is 3.67.